The van der Waals surface area contributed by atoms with Gasteiger partial charge in [0.15, 0.2) is 0 Å². The molecule has 0 saturated heterocycles. The molecule has 0 spiro atoms. The monoisotopic (exact) mass is 597 g/mol. The zero-order valence-electron chi connectivity index (χ0n) is 26.4. The normalized spacial score (nSPS) is 16.5. The molecule has 0 aliphatic heterocycles. The molecular weight excluding hydrogens is 558 g/mol. The van der Waals surface area contributed by atoms with Crippen LogP contribution >= 0.6 is 0 Å². The van der Waals surface area contributed by atoms with Crippen LogP contribution in [0.2, 0.25) is 0 Å². The van der Waals surface area contributed by atoms with Crippen molar-refractivity contribution in [3.05, 3.63) is 120 Å². The largest absolute Gasteiger partial charge is 0.307 e. The molecule has 3 heteroatoms. The summed E-state index contributed by atoms with van der Waals surface area (Å²) in [5.41, 5.74) is 10.9. The van der Waals surface area contributed by atoms with Gasteiger partial charge < -0.3 is 9.13 Å². The van der Waals surface area contributed by atoms with Gasteiger partial charge in [-0.25, -0.2) is 0 Å². The number of fused-ring (bicyclic) bond motifs is 6. The van der Waals surface area contributed by atoms with Crippen LogP contribution in [0.15, 0.2) is 103 Å². The van der Waals surface area contributed by atoms with Crippen LogP contribution in [0.1, 0.15) is 92.7 Å². The highest BCUT2D eigenvalue weighted by Gasteiger charge is 2.23. The molecule has 226 valence electrons. The van der Waals surface area contributed by atoms with Gasteiger partial charge in [0, 0.05) is 27.2 Å². The van der Waals surface area contributed by atoms with Crippen LogP contribution in [0.3, 0.4) is 0 Å². The van der Waals surface area contributed by atoms with Crippen molar-refractivity contribution >= 4 is 43.6 Å². The van der Waals surface area contributed by atoms with E-state index in [2.05, 4.69) is 106 Å². The first-order valence-electron chi connectivity index (χ1n) is 17.4. The van der Waals surface area contributed by atoms with E-state index in [9.17, 15) is 5.26 Å². The Balaban J connectivity index is 1.34. The van der Waals surface area contributed by atoms with E-state index < -0.39 is 0 Å². The molecule has 2 saturated carbocycles. The zero-order chi connectivity index (χ0) is 30.6. The highest BCUT2D eigenvalue weighted by atomic mass is 15.1. The van der Waals surface area contributed by atoms with Gasteiger partial charge in [-0.3, -0.25) is 0 Å². The first-order chi connectivity index (χ1) is 22.8. The molecule has 2 aliphatic carbocycles. The lowest BCUT2D eigenvalue weighted by Crippen LogP contribution is -2.04. The molecule has 2 aromatic heterocycles. The quantitative estimate of drug-likeness (QED) is 0.199. The SMILES string of the molecule is N#Cc1ccc(-n2c3ccccc3c3cccc(-n4c5ccc(C6CCCCC6)cc5c5cc(C6CCCCC6)ccc54)c32)cc1. The third kappa shape index (κ3) is 4.38. The minimum absolute atomic E-state index is 0.667. The topological polar surface area (TPSA) is 33.6 Å². The molecule has 7 aromatic rings. The summed E-state index contributed by atoms with van der Waals surface area (Å²) in [4.78, 5) is 0. The molecule has 3 nitrogen and oxygen atoms in total. The van der Waals surface area contributed by atoms with Gasteiger partial charge in [0.25, 0.3) is 0 Å². The van der Waals surface area contributed by atoms with Crippen molar-refractivity contribution in [1.82, 2.24) is 9.13 Å². The fraction of sp³-hybridized carbons (Fsp3) is 0.279. The second kappa shape index (κ2) is 11.2. The number of hydrogen-bond acceptors (Lipinski definition) is 1. The van der Waals surface area contributed by atoms with Crippen LogP contribution in [-0.2, 0) is 0 Å². The van der Waals surface area contributed by atoms with E-state index >= 15 is 0 Å². The van der Waals surface area contributed by atoms with Crippen LogP contribution in [-0.4, -0.2) is 9.13 Å². The minimum Gasteiger partial charge on any atom is -0.307 e. The summed E-state index contributed by atoms with van der Waals surface area (Å²) < 4.78 is 4.92. The number of rotatable bonds is 4. The molecule has 0 bridgehead atoms. The Kier molecular flexibility index (Phi) is 6.70. The van der Waals surface area contributed by atoms with Crippen molar-refractivity contribution in [2.75, 3.05) is 0 Å². The number of hydrogen-bond donors (Lipinski definition) is 0. The van der Waals surface area contributed by atoms with Crippen LogP contribution < -0.4 is 0 Å². The maximum Gasteiger partial charge on any atom is 0.0991 e. The van der Waals surface area contributed by atoms with E-state index in [-0.39, 0.29) is 0 Å². The molecule has 0 N–H and O–H groups in total. The first kappa shape index (κ1) is 27.5. The Morgan fingerprint density at radius 2 is 1.07 bits per heavy atom. The number of benzene rings is 5. The van der Waals surface area contributed by atoms with E-state index in [4.69, 9.17) is 0 Å². The van der Waals surface area contributed by atoms with Gasteiger partial charge in [-0.2, -0.15) is 5.26 Å². The lowest BCUT2D eigenvalue weighted by Gasteiger charge is -2.22. The maximum absolute atomic E-state index is 9.52. The summed E-state index contributed by atoms with van der Waals surface area (Å²) in [6.07, 6.45) is 13.4. The van der Waals surface area contributed by atoms with Crippen LogP contribution in [0.4, 0.5) is 0 Å². The smallest absolute Gasteiger partial charge is 0.0991 e. The third-order valence-electron chi connectivity index (χ3n) is 11.1. The lowest BCUT2D eigenvalue weighted by molar-refractivity contribution is 0.444. The van der Waals surface area contributed by atoms with Crippen LogP contribution in [0, 0.1) is 11.3 Å². The number of nitrogens with zero attached hydrogens (tertiary/aromatic N) is 3. The summed E-state index contributed by atoms with van der Waals surface area (Å²) in [6, 6.07) is 40.6. The van der Waals surface area contributed by atoms with Crippen molar-refractivity contribution in [1.29, 1.82) is 5.26 Å². The van der Waals surface area contributed by atoms with Gasteiger partial charge >= 0.3 is 0 Å². The van der Waals surface area contributed by atoms with Crippen molar-refractivity contribution in [3.63, 3.8) is 0 Å². The molecule has 46 heavy (non-hydrogen) atoms. The Morgan fingerprint density at radius 3 is 1.67 bits per heavy atom. The Bertz CT molecular complexity index is 2200. The predicted molar refractivity (Wildman–Crippen MR) is 191 cm³/mol. The van der Waals surface area contributed by atoms with E-state index in [0.717, 1.165) is 5.69 Å². The Morgan fingerprint density at radius 1 is 0.500 bits per heavy atom. The van der Waals surface area contributed by atoms with Crippen molar-refractivity contribution < 1.29 is 0 Å². The van der Waals surface area contributed by atoms with E-state index in [1.807, 2.05) is 12.1 Å². The molecule has 0 radical (unpaired) electrons. The summed E-state index contributed by atoms with van der Waals surface area (Å²) >= 11 is 0. The number of nitriles is 1. The Hall–Kier alpha value is -4.81. The Labute approximate surface area is 270 Å². The van der Waals surface area contributed by atoms with Gasteiger partial charge in [0.2, 0.25) is 0 Å². The standard InChI is InChI=1S/C43H39N3/c44-28-29-18-22-34(23-19-29)45-39-16-8-7-14-35(39)36-15-9-17-42(43(36)45)46-40-24-20-32(30-10-3-1-4-11-30)26-37(40)38-27-33(21-25-41(38)46)31-12-5-2-6-13-31/h7-9,14-27,30-31H,1-6,10-13H2. The summed E-state index contributed by atoms with van der Waals surface area (Å²) in [5.74, 6) is 1.33. The van der Waals surface area contributed by atoms with E-state index in [1.54, 1.807) is 0 Å². The van der Waals surface area contributed by atoms with Gasteiger partial charge in [-0.1, -0.05) is 81.0 Å². The first-order valence-corrected chi connectivity index (χ1v) is 17.4. The van der Waals surface area contributed by atoms with Crippen molar-refractivity contribution in [3.8, 4) is 17.4 Å². The average molecular weight is 598 g/mol. The van der Waals surface area contributed by atoms with Crippen molar-refractivity contribution in [2.24, 2.45) is 0 Å². The second-order valence-corrected chi connectivity index (χ2v) is 13.7. The lowest BCUT2D eigenvalue weighted by atomic mass is 9.83. The highest BCUT2D eigenvalue weighted by Crippen LogP contribution is 2.43. The van der Waals surface area contributed by atoms with Crippen LogP contribution in [0.5, 0.6) is 0 Å². The van der Waals surface area contributed by atoms with Crippen molar-refractivity contribution in [2.45, 2.75) is 76.0 Å². The van der Waals surface area contributed by atoms with Gasteiger partial charge in [0.05, 0.1) is 39.4 Å². The average Bonchev–Trinajstić information content (AvgIpc) is 3.65. The van der Waals surface area contributed by atoms with E-state index in [1.165, 1.54) is 125 Å². The molecule has 9 rings (SSSR count). The molecule has 0 amide bonds. The molecule has 2 heterocycles. The highest BCUT2D eigenvalue weighted by molar-refractivity contribution is 6.15. The van der Waals surface area contributed by atoms with Gasteiger partial charge in [-0.15, -0.1) is 0 Å². The summed E-state index contributed by atoms with van der Waals surface area (Å²) in [6.45, 7) is 0. The zero-order valence-corrected chi connectivity index (χ0v) is 26.4. The maximum atomic E-state index is 9.52. The van der Waals surface area contributed by atoms with Gasteiger partial charge in [0.1, 0.15) is 0 Å². The fourth-order valence-electron chi connectivity index (χ4n) is 8.83. The molecule has 0 unspecified atom stereocenters. The fourth-order valence-corrected chi connectivity index (χ4v) is 8.83. The number of aromatic nitrogens is 2. The molecule has 2 fully saturated rings. The summed E-state index contributed by atoms with van der Waals surface area (Å²) in [7, 11) is 0. The third-order valence-corrected chi connectivity index (χ3v) is 11.1. The number of para-hydroxylation sites is 2. The second-order valence-electron chi connectivity index (χ2n) is 13.7. The molecular formula is C43H39N3. The van der Waals surface area contributed by atoms with Gasteiger partial charge in [-0.05, 0) is 109 Å². The summed E-state index contributed by atoms with van der Waals surface area (Å²) in [5, 5.41) is 14.8. The van der Waals surface area contributed by atoms with Crippen LogP contribution in [0.25, 0.3) is 55.0 Å². The predicted octanol–water partition coefficient (Wildman–Crippen LogP) is 11.8. The van der Waals surface area contributed by atoms with E-state index in [0.29, 0.717) is 17.4 Å². The molecule has 5 aromatic carbocycles. The molecule has 0 atom stereocenters. The minimum atomic E-state index is 0.667. The molecule has 2 aliphatic rings.